The first-order valence-corrected chi connectivity index (χ1v) is 9.17. The maximum atomic E-state index is 8.85. The van der Waals surface area contributed by atoms with E-state index in [4.69, 9.17) is 9.84 Å². The van der Waals surface area contributed by atoms with Crippen molar-refractivity contribution in [2.75, 3.05) is 40.0 Å². The lowest BCUT2D eigenvalue weighted by Crippen LogP contribution is -2.27. The van der Waals surface area contributed by atoms with Crippen LogP contribution in [0.5, 0.6) is 0 Å². The topological polar surface area (TPSA) is 32.7 Å². The van der Waals surface area contributed by atoms with Crippen LogP contribution in [-0.2, 0) is 4.74 Å². The molecular weight excluding hydrogens is 262 g/mol. The highest BCUT2D eigenvalue weighted by Gasteiger charge is 2.04. The Bertz CT molecular complexity index is 176. The van der Waals surface area contributed by atoms with Crippen molar-refractivity contribution in [1.82, 2.24) is 4.90 Å². The fourth-order valence-corrected chi connectivity index (χ4v) is 2.66. The van der Waals surface area contributed by atoms with E-state index < -0.39 is 0 Å². The number of aliphatic hydroxyl groups is 1. The second-order valence-electron chi connectivity index (χ2n) is 6.09. The maximum Gasteiger partial charge on any atom is 0.0462 e. The average molecular weight is 302 g/mol. The maximum absolute atomic E-state index is 8.85. The number of nitrogens with zero attached hydrogens (tertiary/aromatic N) is 1. The molecule has 0 atom stereocenters. The highest BCUT2D eigenvalue weighted by Crippen LogP contribution is 2.07. The zero-order chi connectivity index (χ0) is 15.6. The lowest BCUT2D eigenvalue weighted by molar-refractivity contribution is 0.190. The third-order valence-corrected chi connectivity index (χ3v) is 4.03. The van der Waals surface area contributed by atoms with Crippen LogP contribution in [-0.4, -0.2) is 50.0 Å². The van der Waals surface area contributed by atoms with Gasteiger partial charge in [0.15, 0.2) is 0 Å². The van der Waals surface area contributed by atoms with Gasteiger partial charge in [-0.15, -0.1) is 0 Å². The summed E-state index contributed by atoms with van der Waals surface area (Å²) in [4.78, 5) is 2.64. The standard InChI is InChI=1S/C18H39NO2/c1-3-4-5-9-14-19(16-11-8-12-17-20)15-10-6-7-13-18-21-2/h20H,3-18H2,1-2H3. The van der Waals surface area contributed by atoms with E-state index in [0.717, 1.165) is 19.4 Å². The van der Waals surface area contributed by atoms with Gasteiger partial charge in [0.2, 0.25) is 0 Å². The lowest BCUT2D eigenvalue weighted by atomic mass is 10.1. The summed E-state index contributed by atoms with van der Waals surface area (Å²) in [5, 5.41) is 8.85. The van der Waals surface area contributed by atoms with Gasteiger partial charge in [-0.25, -0.2) is 0 Å². The minimum atomic E-state index is 0.343. The molecular formula is C18H39NO2. The fraction of sp³-hybridized carbons (Fsp3) is 1.00. The predicted molar refractivity (Wildman–Crippen MR) is 91.9 cm³/mol. The number of ether oxygens (including phenoxy) is 1. The number of hydrogen-bond donors (Lipinski definition) is 1. The number of methoxy groups -OCH3 is 1. The summed E-state index contributed by atoms with van der Waals surface area (Å²) in [5.41, 5.74) is 0. The summed E-state index contributed by atoms with van der Waals surface area (Å²) >= 11 is 0. The first kappa shape index (κ1) is 20.9. The van der Waals surface area contributed by atoms with Gasteiger partial charge >= 0.3 is 0 Å². The molecule has 0 saturated heterocycles. The van der Waals surface area contributed by atoms with Crippen molar-refractivity contribution in [1.29, 1.82) is 0 Å². The molecule has 21 heavy (non-hydrogen) atoms. The zero-order valence-electron chi connectivity index (χ0n) is 14.6. The van der Waals surface area contributed by atoms with Gasteiger partial charge in [-0.05, 0) is 58.2 Å². The van der Waals surface area contributed by atoms with E-state index in [1.165, 1.54) is 77.4 Å². The molecule has 0 aromatic heterocycles. The van der Waals surface area contributed by atoms with Crippen LogP contribution in [0.25, 0.3) is 0 Å². The van der Waals surface area contributed by atoms with Gasteiger partial charge < -0.3 is 14.7 Å². The SMILES string of the molecule is CCCCCCN(CCCCCO)CCCCCCOC. The Kier molecular flexibility index (Phi) is 17.8. The van der Waals surface area contributed by atoms with Crippen LogP contribution < -0.4 is 0 Å². The van der Waals surface area contributed by atoms with E-state index in [9.17, 15) is 0 Å². The van der Waals surface area contributed by atoms with Gasteiger partial charge in [0.05, 0.1) is 0 Å². The molecule has 0 aliphatic carbocycles. The normalized spacial score (nSPS) is 11.4. The summed E-state index contributed by atoms with van der Waals surface area (Å²) in [6.45, 7) is 7.24. The Morgan fingerprint density at radius 1 is 0.714 bits per heavy atom. The van der Waals surface area contributed by atoms with Gasteiger partial charge in [-0.3, -0.25) is 0 Å². The van der Waals surface area contributed by atoms with Crippen molar-refractivity contribution in [3.63, 3.8) is 0 Å². The molecule has 0 unspecified atom stereocenters. The van der Waals surface area contributed by atoms with Gasteiger partial charge in [-0.2, -0.15) is 0 Å². The highest BCUT2D eigenvalue weighted by molar-refractivity contribution is 4.60. The summed E-state index contributed by atoms with van der Waals surface area (Å²) < 4.78 is 5.09. The van der Waals surface area contributed by atoms with Crippen LogP contribution in [0.3, 0.4) is 0 Å². The van der Waals surface area contributed by atoms with E-state index in [1.54, 1.807) is 7.11 Å². The van der Waals surface area contributed by atoms with Crippen molar-refractivity contribution in [2.24, 2.45) is 0 Å². The van der Waals surface area contributed by atoms with Crippen molar-refractivity contribution in [2.45, 2.75) is 77.6 Å². The fourth-order valence-electron chi connectivity index (χ4n) is 2.66. The minimum Gasteiger partial charge on any atom is -0.396 e. The first-order chi connectivity index (χ1) is 10.3. The number of unbranched alkanes of at least 4 members (excludes halogenated alkanes) is 8. The van der Waals surface area contributed by atoms with Crippen molar-refractivity contribution < 1.29 is 9.84 Å². The Morgan fingerprint density at radius 2 is 1.24 bits per heavy atom. The second-order valence-corrected chi connectivity index (χ2v) is 6.09. The second kappa shape index (κ2) is 17.9. The summed E-state index contributed by atoms with van der Waals surface area (Å²) in [5.74, 6) is 0. The first-order valence-electron chi connectivity index (χ1n) is 9.17. The summed E-state index contributed by atoms with van der Waals surface area (Å²) in [6.07, 6.45) is 13.9. The molecule has 0 aliphatic rings. The molecule has 0 aliphatic heterocycles. The molecule has 0 spiro atoms. The van der Waals surface area contributed by atoms with Gasteiger partial charge in [-0.1, -0.05) is 39.0 Å². The average Bonchev–Trinajstić information content (AvgIpc) is 2.50. The van der Waals surface area contributed by atoms with Gasteiger partial charge in [0.1, 0.15) is 0 Å². The number of rotatable bonds is 17. The third-order valence-electron chi connectivity index (χ3n) is 4.03. The van der Waals surface area contributed by atoms with Gasteiger partial charge in [0, 0.05) is 20.3 Å². The molecule has 0 heterocycles. The Labute approximate surface area is 133 Å². The minimum absolute atomic E-state index is 0.343. The summed E-state index contributed by atoms with van der Waals surface area (Å²) in [7, 11) is 1.78. The molecule has 0 bridgehead atoms. The molecule has 3 nitrogen and oxygen atoms in total. The molecule has 3 heteroatoms. The quantitative estimate of drug-likeness (QED) is 0.408. The van der Waals surface area contributed by atoms with Crippen LogP contribution in [0.15, 0.2) is 0 Å². The van der Waals surface area contributed by atoms with Crippen LogP contribution in [0.2, 0.25) is 0 Å². The largest absolute Gasteiger partial charge is 0.396 e. The highest BCUT2D eigenvalue weighted by atomic mass is 16.5. The van der Waals surface area contributed by atoms with Gasteiger partial charge in [0.25, 0.3) is 0 Å². The van der Waals surface area contributed by atoms with Crippen LogP contribution in [0.1, 0.15) is 77.6 Å². The molecule has 0 rings (SSSR count). The Morgan fingerprint density at radius 3 is 1.76 bits per heavy atom. The van der Waals surface area contributed by atoms with E-state index in [1.807, 2.05) is 0 Å². The van der Waals surface area contributed by atoms with E-state index >= 15 is 0 Å². The van der Waals surface area contributed by atoms with Crippen LogP contribution >= 0.6 is 0 Å². The molecule has 0 aromatic rings. The lowest BCUT2D eigenvalue weighted by Gasteiger charge is -2.22. The molecule has 0 aromatic carbocycles. The Hall–Kier alpha value is -0.120. The summed E-state index contributed by atoms with van der Waals surface area (Å²) in [6, 6.07) is 0. The monoisotopic (exact) mass is 301 g/mol. The third kappa shape index (κ3) is 16.1. The van der Waals surface area contributed by atoms with Crippen molar-refractivity contribution in [3.05, 3.63) is 0 Å². The molecule has 0 radical (unpaired) electrons. The van der Waals surface area contributed by atoms with Crippen LogP contribution in [0, 0.1) is 0 Å². The smallest absolute Gasteiger partial charge is 0.0462 e. The van der Waals surface area contributed by atoms with Crippen molar-refractivity contribution >= 4 is 0 Å². The van der Waals surface area contributed by atoms with Crippen molar-refractivity contribution in [3.8, 4) is 0 Å². The molecule has 0 fully saturated rings. The Balaban J connectivity index is 3.67. The van der Waals surface area contributed by atoms with E-state index in [2.05, 4.69) is 11.8 Å². The predicted octanol–water partition coefficient (Wildman–Crippen LogP) is 4.24. The number of hydrogen-bond acceptors (Lipinski definition) is 3. The number of aliphatic hydroxyl groups excluding tert-OH is 1. The van der Waals surface area contributed by atoms with Crippen LogP contribution in [0.4, 0.5) is 0 Å². The van der Waals surface area contributed by atoms with E-state index in [-0.39, 0.29) is 0 Å². The molecule has 0 amide bonds. The molecule has 1 N–H and O–H groups in total. The zero-order valence-corrected chi connectivity index (χ0v) is 14.6. The molecule has 0 saturated carbocycles. The van der Waals surface area contributed by atoms with E-state index in [0.29, 0.717) is 6.61 Å². The molecule has 128 valence electrons.